The number of sulfone groups is 1. The molecule has 0 aliphatic heterocycles. The zero-order valence-electron chi connectivity index (χ0n) is 9.45. The summed E-state index contributed by atoms with van der Waals surface area (Å²) in [6.45, 7) is 0.460. The first-order valence-electron chi connectivity index (χ1n) is 5.14. The van der Waals surface area contributed by atoms with Crippen LogP contribution in [0.25, 0.3) is 0 Å². The molecule has 1 aromatic carbocycles. The molecule has 0 N–H and O–H groups in total. The molecular formula is C11H14F2O3S. The zero-order valence-corrected chi connectivity index (χ0v) is 10.3. The molecule has 17 heavy (non-hydrogen) atoms. The van der Waals surface area contributed by atoms with Gasteiger partial charge in [-0.1, -0.05) is 0 Å². The van der Waals surface area contributed by atoms with Gasteiger partial charge in [0.1, 0.15) is 16.5 Å². The van der Waals surface area contributed by atoms with E-state index < -0.39 is 26.4 Å². The number of unbranched alkanes of at least 4 members (excludes halogenated alkanes) is 1. The van der Waals surface area contributed by atoms with Crippen molar-refractivity contribution in [1.29, 1.82) is 0 Å². The number of halogens is 2. The van der Waals surface area contributed by atoms with E-state index in [2.05, 4.69) is 0 Å². The normalized spacial score (nSPS) is 11.7. The molecule has 0 heterocycles. The van der Waals surface area contributed by atoms with Gasteiger partial charge in [0, 0.05) is 19.8 Å². The van der Waals surface area contributed by atoms with Crippen molar-refractivity contribution < 1.29 is 21.9 Å². The third-order valence-corrected chi connectivity index (χ3v) is 4.07. The number of hydrogen-bond donors (Lipinski definition) is 0. The molecule has 0 radical (unpaired) electrons. The largest absolute Gasteiger partial charge is 0.385 e. The molecule has 0 spiro atoms. The van der Waals surface area contributed by atoms with Crippen LogP contribution in [-0.2, 0) is 14.6 Å². The van der Waals surface area contributed by atoms with E-state index >= 15 is 0 Å². The summed E-state index contributed by atoms with van der Waals surface area (Å²) in [4.78, 5) is -0.448. The van der Waals surface area contributed by atoms with Gasteiger partial charge in [0.15, 0.2) is 9.84 Å². The Kier molecular flexibility index (Phi) is 5.02. The first-order chi connectivity index (χ1) is 7.97. The molecule has 0 atom stereocenters. The quantitative estimate of drug-likeness (QED) is 0.584. The van der Waals surface area contributed by atoms with Crippen molar-refractivity contribution in [3.8, 4) is 0 Å². The maximum absolute atomic E-state index is 13.3. The second-order valence-electron chi connectivity index (χ2n) is 3.59. The Morgan fingerprint density at radius 1 is 1.24 bits per heavy atom. The summed E-state index contributed by atoms with van der Waals surface area (Å²) < 4.78 is 54.1. The maximum Gasteiger partial charge on any atom is 0.181 e. The highest BCUT2D eigenvalue weighted by Gasteiger charge is 2.19. The minimum absolute atomic E-state index is 0.168. The zero-order chi connectivity index (χ0) is 12.9. The van der Waals surface area contributed by atoms with Crippen molar-refractivity contribution in [2.45, 2.75) is 17.7 Å². The van der Waals surface area contributed by atoms with Gasteiger partial charge in [-0.2, -0.15) is 0 Å². The van der Waals surface area contributed by atoms with Crippen LogP contribution in [0.15, 0.2) is 23.1 Å². The third-order valence-electron chi connectivity index (χ3n) is 2.24. The minimum Gasteiger partial charge on any atom is -0.385 e. The molecule has 0 fully saturated rings. The van der Waals surface area contributed by atoms with Crippen LogP contribution < -0.4 is 0 Å². The molecule has 0 aliphatic carbocycles. The number of hydrogen-bond acceptors (Lipinski definition) is 3. The Labute approximate surface area is 99.3 Å². The Bertz CT molecular complexity index is 472. The standard InChI is InChI=1S/C11H14F2O3S/c1-16-6-2-3-7-17(14,15)11-5-4-9(12)8-10(11)13/h4-5,8H,2-3,6-7H2,1H3. The lowest BCUT2D eigenvalue weighted by molar-refractivity contribution is 0.194. The molecule has 1 aromatic rings. The van der Waals surface area contributed by atoms with E-state index in [1.807, 2.05) is 0 Å². The van der Waals surface area contributed by atoms with Gasteiger partial charge in [0.2, 0.25) is 0 Å². The van der Waals surface area contributed by atoms with Crippen LogP contribution in [0.2, 0.25) is 0 Å². The fourth-order valence-corrected chi connectivity index (χ4v) is 2.81. The summed E-state index contributed by atoms with van der Waals surface area (Å²) in [6, 6.07) is 2.46. The summed E-state index contributed by atoms with van der Waals surface area (Å²) in [5.74, 6) is -2.00. The minimum atomic E-state index is -3.69. The summed E-state index contributed by atoms with van der Waals surface area (Å²) in [6.07, 6.45) is 0.964. The average Bonchev–Trinajstić information content (AvgIpc) is 2.24. The van der Waals surface area contributed by atoms with Crippen molar-refractivity contribution in [3.63, 3.8) is 0 Å². The maximum atomic E-state index is 13.3. The Hall–Kier alpha value is -1.01. The van der Waals surface area contributed by atoms with Crippen molar-refractivity contribution in [3.05, 3.63) is 29.8 Å². The summed E-state index contributed by atoms with van der Waals surface area (Å²) in [5, 5.41) is 0. The van der Waals surface area contributed by atoms with Crippen molar-refractivity contribution >= 4 is 9.84 Å². The van der Waals surface area contributed by atoms with Crippen LogP contribution in [0.1, 0.15) is 12.8 Å². The Morgan fingerprint density at radius 2 is 1.94 bits per heavy atom. The summed E-state index contributed by atoms with van der Waals surface area (Å²) in [5.41, 5.74) is 0. The monoisotopic (exact) mass is 264 g/mol. The molecule has 0 saturated carbocycles. The van der Waals surface area contributed by atoms with E-state index in [9.17, 15) is 17.2 Å². The van der Waals surface area contributed by atoms with Crippen molar-refractivity contribution in [2.24, 2.45) is 0 Å². The van der Waals surface area contributed by atoms with Gasteiger partial charge in [-0.25, -0.2) is 17.2 Å². The lowest BCUT2D eigenvalue weighted by Gasteiger charge is -2.05. The molecule has 3 nitrogen and oxygen atoms in total. The number of ether oxygens (including phenoxy) is 1. The van der Waals surface area contributed by atoms with E-state index in [1.165, 1.54) is 7.11 Å². The van der Waals surface area contributed by atoms with Crippen LogP contribution in [0, 0.1) is 11.6 Å². The molecule has 0 amide bonds. The fourth-order valence-electron chi connectivity index (χ4n) is 1.38. The molecule has 0 aliphatic rings. The van der Waals surface area contributed by atoms with Crippen LogP contribution in [-0.4, -0.2) is 27.9 Å². The SMILES string of the molecule is COCCCCS(=O)(=O)c1ccc(F)cc1F. The molecular weight excluding hydrogens is 250 g/mol. The molecule has 0 unspecified atom stereocenters. The lowest BCUT2D eigenvalue weighted by atomic mass is 10.3. The molecule has 1 rings (SSSR count). The van der Waals surface area contributed by atoms with Gasteiger partial charge in [-0.15, -0.1) is 0 Å². The van der Waals surface area contributed by atoms with Crippen LogP contribution in [0.5, 0.6) is 0 Å². The highest BCUT2D eigenvalue weighted by molar-refractivity contribution is 7.91. The number of methoxy groups -OCH3 is 1. The molecule has 6 heteroatoms. The first-order valence-corrected chi connectivity index (χ1v) is 6.79. The molecule has 0 aromatic heterocycles. The summed E-state index contributed by atoms with van der Waals surface area (Å²) >= 11 is 0. The first kappa shape index (κ1) is 14.1. The highest BCUT2D eigenvalue weighted by Crippen LogP contribution is 2.18. The van der Waals surface area contributed by atoms with E-state index in [-0.39, 0.29) is 5.75 Å². The second kappa shape index (κ2) is 6.07. The van der Waals surface area contributed by atoms with Crippen molar-refractivity contribution in [2.75, 3.05) is 19.5 Å². The third kappa shape index (κ3) is 4.05. The van der Waals surface area contributed by atoms with Gasteiger partial charge in [0.25, 0.3) is 0 Å². The van der Waals surface area contributed by atoms with E-state index in [0.717, 1.165) is 12.1 Å². The van der Waals surface area contributed by atoms with E-state index in [1.54, 1.807) is 0 Å². The van der Waals surface area contributed by atoms with Crippen molar-refractivity contribution in [1.82, 2.24) is 0 Å². The summed E-state index contributed by atoms with van der Waals surface area (Å²) in [7, 11) is -2.16. The molecule has 0 bridgehead atoms. The predicted molar refractivity (Wildman–Crippen MR) is 59.5 cm³/mol. The second-order valence-corrected chi connectivity index (χ2v) is 5.67. The number of rotatable bonds is 6. The predicted octanol–water partition coefficient (Wildman–Crippen LogP) is 2.17. The molecule has 0 saturated heterocycles. The number of benzene rings is 1. The van der Waals surface area contributed by atoms with Crippen LogP contribution in [0.3, 0.4) is 0 Å². The van der Waals surface area contributed by atoms with Crippen LogP contribution >= 0.6 is 0 Å². The highest BCUT2D eigenvalue weighted by atomic mass is 32.2. The van der Waals surface area contributed by atoms with Gasteiger partial charge in [-0.3, -0.25) is 0 Å². The smallest absolute Gasteiger partial charge is 0.181 e. The van der Waals surface area contributed by atoms with Crippen LogP contribution in [0.4, 0.5) is 8.78 Å². The van der Waals surface area contributed by atoms with Gasteiger partial charge < -0.3 is 4.74 Å². The molecule has 96 valence electrons. The fraction of sp³-hybridized carbons (Fsp3) is 0.455. The van der Waals surface area contributed by atoms with Gasteiger partial charge >= 0.3 is 0 Å². The Balaban J connectivity index is 2.76. The average molecular weight is 264 g/mol. The van der Waals surface area contributed by atoms with E-state index in [4.69, 9.17) is 4.74 Å². The Morgan fingerprint density at radius 3 is 2.53 bits per heavy atom. The van der Waals surface area contributed by atoms with Gasteiger partial charge in [0.05, 0.1) is 5.75 Å². The van der Waals surface area contributed by atoms with Gasteiger partial charge in [-0.05, 0) is 25.0 Å². The van der Waals surface area contributed by atoms with E-state index in [0.29, 0.717) is 25.5 Å². The lowest BCUT2D eigenvalue weighted by Crippen LogP contribution is -2.10. The topological polar surface area (TPSA) is 43.4 Å².